The zero-order valence-corrected chi connectivity index (χ0v) is 12.5. The topological polar surface area (TPSA) is 48.1 Å². The van der Waals surface area contributed by atoms with Crippen LogP contribution in [-0.4, -0.2) is 12.1 Å². The smallest absolute Gasteiger partial charge is 0.145 e. The van der Waals surface area contributed by atoms with Crippen LogP contribution in [0, 0.1) is 0 Å². The van der Waals surface area contributed by atoms with Gasteiger partial charge < -0.3 is 10.5 Å². The molecule has 1 saturated carbocycles. The van der Waals surface area contributed by atoms with Gasteiger partial charge in [0.25, 0.3) is 0 Å². The molecule has 0 saturated heterocycles. The molecule has 100 valence electrons. The van der Waals surface area contributed by atoms with Gasteiger partial charge in [0.1, 0.15) is 11.3 Å². The average Bonchev–Trinajstić information content (AvgIpc) is 2.92. The fourth-order valence-electron chi connectivity index (χ4n) is 2.92. The molecule has 3 rings (SSSR count). The minimum absolute atomic E-state index is 0.551. The van der Waals surface area contributed by atoms with Gasteiger partial charge in [-0.15, -0.1) is 0 Å². The van der Waals surface area contributed by atoms with Gasteiger partial charge in [0.2, 0.25) is 0 Å². The van der Waals surface area contributed by atoms with Gasteiger partial charge in [-0.1, -0.05) is 28.8 Å². The zero-order valence-electron chi connectivity index (χ0n) is 10.9. The molecule has 0 aliphatic heterocycles. The second-order valence-corrected chi connectivity index (χ2v) is 5.95. The maximum Gasteiger partial charge on any atom is 0.145 e. The number of nitrogens with zero attached hydrogens (tertiary/aromatic N) is 1. The number of anilines is 1. The summed E-state index contributed by atoms with van der Waals surface area (Å²) in [6, 6.07) is 5.91. The number of methoxy groups -OCH3 is 1. The Morgan fingerprint density at radius 1 is 1.32 bits per heavy atom. The Morgan fingerprint density at radius 3 is 2.74 bits per heavy atom. The molecule has 1 aliphatic rings. The van der Waals surface area contributed by atoms with E-state index in [0.29, 0.717) is 5.92 Å². The molecule has 1 fully saturated rings. The molecular formula is C15H17BrN2O. The fraction of sp³-hybridized carbons (Fsp3) is 0.400. The number of benzene rings is 1. The second kappa shape index (κ2) is 5.00. The van der Waals surface area contributed by atoms with Crippen molar-refractivity contribution in [2.45, 2.75) is 31.6 Å². The molecule has 0 unspecified atom stereocenters. The molecule has 1 aromatic carbocycles. The van der Waals surface area contributed by atoms with Gasteiger partial charge in [0, 0.05) is 27.2 Å². The van der Waals surface area contributed by atoms with Gasteiger partial charge in [-0.05, 0) is 31.0 Å². The first-order valence-electron chi connectivity index (χ1n) is 6.63. The van der Waals surface area contributed by atoms with Crippen LogP contribution in [0.4, 0.5) is 5.69 Å². The predicted molar refractivity (Wildman–Crippen MR) is 81.6 cm³/mol. The molecule has 3 nitrogen and oxygen atoms in total. The van der Waals surface area contributed by atoms with Gasteiger partial charge in [-0.25, -0.2) is 4.98 Å². The number of aromatic nitrogens is 1. The van der Waals surface area contributed by atoms with Crippen molar-refractivity contribution < 1.29 is 4.74 Å². The fourth-order valence-corrected chi connectivity index (χ4v) is 3.47. The highest BCUT2D eigenvalue weighted by Crippen LogP contribution is 2.39. The van der Waals surface area contributed by atoms with Crippen molar-refractivity contribution >= 4 is 32.5 Å². The van der Waals surface area contributed by atoms with Crippen molar-refractivity contribution in [3.63, 3.8) is 0 Å². The molecule has 4 heteroatoms. The number of nitrogens with two attached hydrogens (primary N) is 1. The lowest BCUT2D eigenvalue weighted by Gasteiger charge is -2.14. The summed E-state index contributed by atoms with van der Waals surface area (Å²) < 4.78 is 6.38. The van der Waals surface area contributed by atoms with E-state index in [-0.39, 0.29) is 0 Å². The van der Waals surface area contributed by atoms with Gasteiger partial charge in [0.05, 0.1) is 7.11 Å². The lowest BCUT2D eigenvalue weighted by Crippen LogP contribution is -2.01. The lowest BCUT2D eigenvalue weighted by atomic mass is 10.0. The molecular weight excluding hydrogens is 304 g/mol. The zero-order chi connectivity index (χ0) is 13.4. The lowest BCUT2D eigenvalue weighted by molar-refractivity contribution is 0.418. The number of pyridine rings is 1. The molecule has 0 atom stereocenters. The number of ether oxygens (including phenoxy) is 1. The Kier molecular flexibility index (Phi) is 3.35. The standard InChI is InChI=1S/C15H17BrN2O/c1-19-13-7-6-10(16)14-11(17)8-12(18-15(13)14)9-4-2-3-5-9/h6-9H,2-5H2,1H3,(H2,17,18). The van der Waals surface area contributed by atoms with Crippen LogP contribution in [0.1, 0.15) is 37.3 Å². The van der Waals surface area contributed by atoms with Crippen LogP contribution in [0.3, 0.4) is 0 Å². The molecule has 1 aliphatic carbocycles. The first-order valence-corrected chi connectivity index (χ1v) is 7.42. The van der Waals surface area contributed by atoms with Gasteiger partial charge >= 0.3 is 0 Å². The van der Waals surface area contributed by atoms with Crippen molar-refractivity contribution in [3.05, 3.63) is 28.4 Å². The maximum absolute atomic E-state index is 6.22. The minimum atomic E-state index is 0.551. The third-order valence-corrected chi connectivity index (χ3v) is 4.58. The molecule has 1 aromatic heterocycles. The summed E-state index contributed by atoms with van der Waals surface area (Å²) >= 11 is 3.54. The number of nitrogen functional groups attached to an aromatic ring is 1. The van der Waals surface area contributed by atoms with E-state index >= 15 is 0 Å². The quantitative estimate of drug-likeness (QED) is 0.900. The van der Waals surface area contributed by atoms with E-state index < -0.39 is 0 Å². The highest BCUT2D eigenvalue weighted by molar-refractivity contribution is 9.10. The molecule has 2 N–H and O–H groups in total. The van der Waals surface area contributed by atoms with Gasteiger partial charge in [-0.2, -0.15) is 0 Å². The van der Waals surface area contributed by atoms with Crippen molar-refractivity contribution in [1.29, 1.82) is 0 Å². The Labute approximate surface area is 121 Å². The predicted octanol–water partition coefficient (Wildman–Crippen LogP) is 4.25. The van der Waals surface area contributed by atoms with Crippen LogP contribution >= 0.6 is 15.9 Å². The summed E-state index contributed by atoms with van der Waals surface area (Å²) in [5, 5.41) is 0.945. The average molecular weight is 321 g/mol. The normalized spacial score (nSPS) is 16.1. The van der Waals surface area contributed by atoms with Crippen molar-refractivity contribution in [3.8, 4) is 5.75 Å². The summed E-state index contributed by atoms with van der Waals surface area (Å²) in [6.07, 6.45) is 5.02. The first-order chi connectivity index (χ1) is 9.20. The largest absolute Gasteiger partial charge is 0.494 e. The van der Waals surface area contributed by atoms with Crippen molar-refractivity contribution in [2.24, 2.45) is 0 Å². The highest BCUT2D eigenvalue weighted by Gasteiger charge is 2.21. The summed E-state index contributed by atoms with van der Waals surface area (Å²) in [6.45, 7) is 0. The number of fused-ring (bicyclic) bond motifs is 1. The van der Waals surface area contributed by atoms with Crippen LogP contribution in [0.5, 0.6) is 5.75 Å². The molecule has 0 bridgehead atoms. The molecule has 2 aromatic rings. The van der Waals surface area contributed by atoms with Gasteiger partial charge in [-0.3, -0.25) is 0 Å². The Balaban J connectivity index is 2.23. The number of hydrogen-bond donors (Lipinski definition) is 1. The Hall–Kier alpha value is -1.29. The Morgan fingerprint density at radius 2 is 2.05 bits per heavy atom. The molecule has 19 heavy (non-hydrogen) atoms. The van der Waals surface area contributed by atoms with E-state index in [4.69, 9.17) is 15.5 Å². The maximum atomic E-state index is 6.22. The van der Waals surface area contributed by atoms with E-state index in [2.05, 4.69) is 15.9 Å². The van der Waals surface area contributed by atoms with Crippen LogP contribution in [0.15, 0.2) is 22.7 Å². The van der Waals surface area contributed by atoms with E-state index in [9.17, 15) is 0 Å². The van der Waals surface area contributed by atoms with Crippen LogP contribution in [-0.2, 0) is 0 Å². The molecule has 0 radical (unpaired) electrons. The van der Waals surface area contributed by atoms with E-state index in [0.717, 1.165) is 32.5 Å². The number of halogens is 1. The molecule has 0 amide bonds. The highest BCUT2D eigenvalue weighted by atomic mass is 79.9. The van der Waals surface area contributed by atoms with Crippen LogP contribution in [0.2, 0.25) is 0 Å². The summed E-state index contributed by atoms with van der Waals surface area (Å²) in [7, 11) is 1.67. The SMILES string of the molecule is COc1ccc(Br)c2c(N)cc(C3CCCC3)nc12. The van der Waals surface area contributed by atoms with Crippen LogP contribution < -0.4 is 10.5 Å². The minimum Gasteiger partial charge on any atom is -0.494 e. The van der Waals surface area contributed by atoms with Gasteiger partial charge in [0.15, 0.2) is 0 Å². The molecule has 1 heterocycles. The summed E-state index contributed by atoms with van der Waals surface area (Å²) in [5.74, 6) is 1.33. The number of hydrogen-bond acceptors (Lipinski definition) is 3. The van der Waals surface area contributed by atoms with Crippen molar-refractivity contribution in [1.82, 2.24) is 4.98 Å². The molecule has 0 spiro atoms. The van der Waals surface area contributed by atoms with Crippen LogP contribution in [0.25, 0.3) is 10.9 Å². The summed E-state index contributed by atoms with van der Waals surface area (Å²) in [4.78, 5) is 4.81. The number of rotatable bonds is 2. The van der Waals surface area contributed by atoms with E-state index in [1.807, 2.05) is 18.2 Å². The second-order valence-electron chi connectivity index (χ2n) is 5.09. The third kappa shape index (κ3) is 2.18. The van der Waals surface area contributed by atoms with Crippen molar-refractivity contribution in [2.75, 3.05) is 12.8 Å². The summed E-state index contributed by atoms with van der Waals surface area (Å²) in [5.41, 5.74) is 8.97. The first kappa shape index (κ1) is 12.7. The van der Waals surface area contributed by atoms with E-state index in [1.54, 1.807) is 7.11 Å². The Bertz CT molecular complexity index is 621. The third-order valence-electron chi connectivity index (χ3n) is 3.92. The monoisotopic (exact) mass is 320 g/mol. The van der Waals surface area contributed by atoms with E-state index in [1.165, 1.54) is 25.7 Å².